The fourth-order valence-electron chi connectivity index (χ4n) is 1.67. The van der Waals surface area contributed by atoms with Crippen LogP contribution < -0.4 is 9.47 Å². The first kappa shape index (κ1) is 16.1. The van der Waals surface area contributed by atoms with E-state index in [-0.39, 0.29) is 18.2 Å². The molecule has 0 amide bonds. The second-order valence-corrected chi connectivity index (χ2v) is 6.49. The van der Waals surface area contributed by atoms with Gasteiger partial charge in [-0.3, -0.25) is 0 Å². The number of halogens is 1. The molecule has 0 aliphatic heterocycles. The molecule has 0 unspecified atom stereocenters. The summed E-state index contributed by atoms with van der Waals surface area (Å²) in [6, 6.07) is 5.35. The molecule has 0 spiro atoms. The molecule has 5 nitrogen and oxygen atoms in total. The van der Waals surface area contributed by atoms with E-state index in [4.69, 9.17) is 21.1 Å². The summed E-state index contributed by atoms with van der Waals surface area (Å²) in [4.78, 5) is 0. The Bertz CT molecular complexity index is 518. The lowest BCUT2D eigenvalue weighted by molar-refractivity contribution is 0.347. The molecular formula is C12H18ClNO4S. The van der Waals surface area contributed by atoms with Gasteiger partial charge in [-0.2, -0.15) is 0 Å². The van der Waals surface area contributed by atoms with Crippen molar-refractivity contribution in [3.63, 3.8) is 0 Å². The van der Waals surface area contributed by atoms with E-state index in [0.29, 0.717) is 11.5 Å². The highest BCUT2D eigenvalue weighted by atomic mass is 35.5. The molecule has 0 aliphatic carbocycles. The Kier molecular flexibility index (Phi) is 5.90. The molecule has 0 heterocycles. The molecule has 0 saturated heterocycles. The number of alkyl halides is 1. The topological polar surface area (TPSA) is 55.8 Å². The van der Waals surface area contributed by atoms with Crippen molar-refractivity contribution in [1.29, 1.82) is 0 Å². The number of para-hydroxylation sites is 1. The van der Waals surface area contributed by atoms with Crippen LogP contribution in [0.1, 0.15) is 5.56 Å². The maximum absolute atomic E-state index is 11.9. The SMILES string of the molecule is COc1cccc(CN(C)S(=O)(=O)CCCl)c1OC. The van der Waals surface area contributed by atoms with E-state index in [0.717, 1.165) is 5.56 Å². The largest absolute Gasteiger partial charge is 0.493 e. The standard InChI is InChI=1S/C12H18ClNO4S/c1-14(19(15,16)8-7-13)9-10-5-4-6-11(17-2)12(10)18-3/h4-6H,7-9H2,1-3H3. The molecule has 0 saturated carbocycles. The van der Waals surface area contributed by atoms with E-state index >= 15 is 0 Å². The second-order valence-electron chi connectivity index (χ2n) is 3.91. The molecule has 1 aromatic carbocycles. The third-order valence-electron chi connectivity index (χ3n) is 2.69. The van der Waals surface area contributed by atoms with Crippen LogP contribution in [0.25, 0.3) is 0 Å². The number of nitrogens with zero attached hydrogens (tertiary/aromatic N) is 1. The Hall–Kier alpha value is -0.980. The van der Waals surface area contributed by atoms with Gasteiger partial charge in [0.2, 0.25) is 10.0 Å². The van der Waals surface area contributed by atoms with Gasteiger partial charge in [-0.15, -0.1) is 11.6 Å². The average molecular weight is 308 g/mol. The van der Waals surface area contributed by atoms with Crippen LogP contribution in [-0.4, -0.2) is 45.6 Å². The Morgan fingerprint density at radius 3 is 2.47 bits per heavy atom. The highest BCUT2D eigenvalue weighted by Gasteiger charge is 2.20. The van der Waals surface area contributed by atoms with Gasteiger partial charge in [-0.1, -0.05) is 12.1 Å². The molecule has 108 valence electrons. The van der Waals surface area contributed by atoms with Crippen molar-refractivity contribution in [2.45, 2.75) is 6.54 Å². The van der Waals surface area contributed by atoms with Gasteiger partial charge in [0.1, 0.15) is 0 Å². The first-order valence-corrected chi connectivity index (χ1v) is 7.80. The van der Waals surface area contributed by atoms with Crippen LogP contribution in [0.2, 0.25) is 0 Å². The van der Waals surface area contributed by atoms with Crippen molar-refractivity contribution in [2.75, 3.05) is 32.9 Å². The lowest BCUT2D eigenvalue weighted by Crippen LogP contribution is -2.29. The zero-order valence-electron chi connectivity index (χ0n) is 11.2. The summed E-state index contributed by atoms with van der Waals surface area (Å²) >= 11 is 5.49. The summed E-state index contributed by atoms with van der Waals surface area (Å²) in [6.07, 6.45) is 0. The zero-order chi connectivity index (χ0) is 14.5. The number of methoxy groups -OCH3 is 2. The van der Waals surface area contributed by atoms with Crippen LogP contribution in [0, 0.1) is 0 Å². The van der Waals surface area contributed by atoms with Crippen LogP contribution in [0.4, 0.5) is 0 Å². The number of ether oxygens (including phenoxy) is 2. The lowest BCUT2D eigenvalue weighted by atomic mass is 10.2. The Morgan fingerprint density at radius 1 is 1.26 bits per heavy atom. The van der Waals surface area contributed by atoms with Gasteiger partial charge in [0, 0.05) is 25.0 Å². The monoisotopic (exact) mass is 307 g/mol. The van der Waals surface area contributed by atoms with Gasteiger partial charge in [-0.25, -0.2) is 12.7 Å². The van der Waals surface area contributed by atoms with Gasteiger partial charge in [0.25, 0.3) is 0 Å². The van der Waals surface area contributed by atoms with Gasteiger partial charge in [-0.05, 0) is 6.07 Å². The molecule has 19 heavy (non-hydrogen) atoms. The van der Waals surface area contributed by atoms with Crippen LogP contribution in [0.3, 0.4) is 0 Å². The van der Waals surface area contributed by atoms with Gasteiger partial charge in [0.15, 0.2) is 11.5 Å². The van der Waals surface area contributed by atoms with Crippen LogP contribution in [0.5, 0.6) is 11.5 Å². The van der Waals surface area contributed by atoms with Crippen LogP contribution in [-0.2, 0) is 16.6 Å². The number of hydrogen-bond donors (Lipinski definition) is 0. The van der Waals surface area contributed by atoms with Crippen molar-refractivity contribution < 1.29 is 17.9 Å². The van der Waals surface area contributed by atoms with E-state index in [1.165, 1.54) is 25.6 Å². The molecule has 0 bridgehead atoms. The summed E-state index contributed by atoms with van der Waals surface area (Å²) in [7, 11) is 1.23. The predicted molar refractivity (Wildman–Crippen MR) is 75.5 cm³/mol. The van der Waals surface area contributed by atoms with Crippen molar-refractivity contribution in [3.8, 4) is 11.5 Å². The quantitative estimate of drug-likeness (QED) is 0.720. The first-order valence-electron chi connectivity index (χ1n) is 5.66. The summed E-state index contributed by atoms with van der Waals surface area (Å²) in [5.74, 6) is 1.10. The van der Waals surface area contributed by atoms with Crippen molar-refractivity contribution in [1.82, 2.24) is 4.31 Å². The lowest BCUT2D eigenvalue weighted by Gasteiger charge is -2.19. The molecule has 0 radical (unpaired) electrons. The summed E-state index contributed by atoms with van der Waals surface area (Å²) in [5, 5.41) is 0. The summed E-state index contributed by atoms with van der Waals surface area (Å²) in [5.41, 5.74) is 0.738. The number of rotatable bonds is 7. The van der Waals surface area contributed by atoms with Gasteiger partial charge < -0.3 is 9.47 Å². The van der Waals surface area contributed by atoms with E-state index in [1.807, 2.05) is 0 Å². The van der Waals surface area contributed by atoms with Gasteiger partial charge in [0.05, 0.1) is 20.0 Å². The molecule has 0 aliphatic rings. The van der Waals surface area contributed by atoms with E-state index < -0.39 is 10.0 Å². The molecule has 0 fully saturated rings. The average Bonchev–Trinajstić information content (AvgIpc) is 2.38. The number of benzene rings is 1. The minimum Gasteiger partial charge on any atom is -0.493 e. The van der Waals surface area contributed by atoms with E-state index in [1.54, 1.807) is 18.2 Å². The smallest absolute Gasteiger partial charge is 0.215 e. The normalized spacial score (nSPS) is 11.6. The molecule has 7 heteroatoms. The molecule has 1 aromatic rings. The highest BCUT2D eigenvalue weighted by molar-refractivity contribution is 7.89. The molecule has 0 aromatic heterocycles. The maximum Gasteiger partial charge on any atom is 0.215 e. The fourth-order valence-corrected chi connectivity index (χ4v) is 3.10. The van der Waals surface area contributed by atoms with E-state index in [9.17, 15) is 8.42 Å². The van der Waals surface area contributed by atoms with Crippen LogP contribution >= 0.6 is 11.6 Å². The van der Waals surface area contributed by atoms with Crippen molar-refractivity contribution in [3.05, 3.63) is 23.8 Å². The Labute approximate surface area is 119 Å². The molecule has 1 rings (SSSR count). The van der Waals surface area contributed by atoms with Crippen molar-refractivity contribution >= 4 is 21.6 Å². The molecule has 0 atom stereocenters. The third-order valence-corrected chi connectivity index (χ3v) is 4.90. The third kappa shape index (κ3) is 3.99. The number of hydrogen-bond acceptors (Lipinski definition) is 4. The number of sulfonamides is 1. The van der Waals surface area contributed by atoms with Crippen LogP contribution in [0.15, 0.2) is 18.2 Å². The minimum atomic E-state index is -3.35. The zero-order valence-corrected chi connectivity index (χ0v) is 12.8. The Balaban J connectivity index is 3.00. The summed E-state index contributed by atoms with van der Waals surface area (Å²) in [6.45, 7) is 0.208. The predicted octanol–water partition coefficient (Wildman–Crippen LogP) is 1.70. The Morgan fingerprint density at radius 2 is 1.95 bits per heavy atom. The summed E-state index contributed by atoms with van der Waals surface area (Å²) < 4.78 is 35.4. The second kappa shape index (κ2) is 6.98. The van der Waals surface area contributed by atoms with Gasteiger partial charge >= 0.3 is 0 Å². The molecule has 0 N–H and O–H groups in total. The maximum atomic E-state index is 11.9. The van der Waals surface area contributed by atoms with E-state index in [2.05, 4.69) is 0 Å². The van der Waals surface area contributed by atoms with Crippen molar-refractivity contribution in [2.24, 2.45) is 0 Å². The molecular weight excluding hydrogens is 290 g/mol. The first-order chi connectivity index (χ1) is 8.96. The minimum absolute atomic E-state index is 0.0713. The fraction of sp³-hybridized carbons (Fsp3) is 0.500. The highest BCUT2D eigenvalue weighted by Crippen LogP contribution is 2.31.